The molecule has 154 valence electrons. The van der Waals surface area contributed by atoms with E-state index in [1.807, 2.05) is 60.8 Å². The third kappa shape index (κ3) is 4.49. The summed E-state index contributed by atoms with van der Waals surface area (Å²) in [4.78, 5) is 22.7. The fraction of sp³-hybridized carbons (Fsp3) is 0. The molecule has 2 aromatic carbocycles. The van der Waals surface area contributed by atoms with Crippen LogP contribution in [0.3, 0.4) is 0 Å². The Morgan fingerprint density at radius 1 is 0.469 bits per heavy atom. The number of aromatic nitrogens is 5. The normalized spacial score (nSPS) is 10.8. The molecule has 0 spiro atoms. The number of hydrogen-bond acceptors (Lipinski definition) is 5. The van der Waals surface area contributed by atoms with E-state index in [9.17, 15) is 0 Å². The lowest BCUT2D eigenvalue weighted by molar-refractivity contribution is 1.07. The SMILES string of the molecule is Brc1cc(Br)cc(-c2nc(-c3ccc(-c4cccnc4)cc3)nc(-c3cccnc3)n2)c1. The smallest absolute Gasteiger partial charge is 0.165 e. The lowest BCUT2D eigenvalue weighted by atomic mass is 10.1. The van der Waals surface area contributed by atoms with Gasteiger partial charge in [0.05, 0.1) is 0 Å². The van der Waals surface area contributed by atoms with Crippen molar-refractivity contribution in [2.75, 3.05) is 0 Å². The predicted octanol–water partition coefficient (Wildman–Crippen LogP) is 6.85. The molecular weight excluding hydrogens is 530 g/mol. The van der Waals surface area contributed by atoms with E-state index in [0.29, 0.717) is 17.5 Å². The second-order valence-corrected chi connectivity index (χ2v) is 8.86. The van der Waals surface area contributed by atoms with Gasteiger partial charge < -0.3 is 0 Å². The zero-order valence-corrected chi connectivity index (χ0v) is 19.8. The standard InChI is InChI=1S/C25H15Br2N5/c26-21-11-20(12-22(27)13-21)25-31-23(30-24(32-25)19-4-2-10-29-15-19)17-7-5-16(6-8-17)18-3-1-9-28-14-18/h1-15H. The van der Waals surface area contributed by atoms with Gasteiger partial charge in [-0.2, -0.15) is 0 Å². The Kier molecular flexibility index (Phi) is 5.83. The van der Waals surface area contributed by atoms with Gasteiger partial charge in [0.15, 0.2) is 17.5 Å². The van der Waals surface area contributed by atoms with Crippen LogP contribution in [0.1, 0.15) is 0 Å². The maximum atomic E-state index is 4.79. The summed E-state index contributed by atoms with van der Waals surface area (Å²) in [7, 11) is 0. The molecule has 0 fully saturated rings. The van der Waals surface area contributed by atoms with Gasteiger partial charge in [-0.25, -0.2) is 15.0 Å². The van der Waals surface area contributed by atoms with E-state index >= 15 is 0 Å². The highest BCUT2D eigenvalue weighted by Crippen LogP contribution is 2.29. The minimum Gasteiger partial charge on any atom is -0.264 e. The van der Waals surface area contributed by atoms with Crippen molar-refractivity contribution in [3.63, 3.8) is 0 Å². The van der Waals surface area contributed by atoms with Crippen molar-refractivity contribution < 1.29 is 0 Å². The van der Waals surface area contributed by atoms with E-state index in [0.717, 1.165) is 36.8 Å². The van der Waals surface area contributed by atoms with Crippen LogP contribution in [0.4, 0.5) is 0 Å². The van der Waals surface area contributed by atoms with E-state index in [2.05, 4.69) is 54.0 Å². The van der Waals surface area contributed by atoms with Gasteiger partial charge >= 0.3 is 0 Å². The summed E-state index contributed by atoms with van der Waals surface area (Å²) < 4.78 is 1.88. The number of halogens is 2. The van der Waals surface area contributed by atoms with Gasteiger partial charge in [0.25, 0.3) is 0 Å². The summed E-state index contributed by atoms with van der Waals surface area (Å²) in [5.74, 6) is 1.76. The van der Waals surface area contributed by atoms with E-state index in [1.165, 1.54) is 0 Å². The lowest BCUT2D eigenvalue weighted by Gasteiger charge is -2.09. The van der Waals surface area contributed by atoms with Gasteiger partial charge in [0, 0.05) is 50.4 Å². The molecule has 5 rings (SSSR count). The minimum absolute atomic E-state index is 0.575. The molecule has 0 atom stereocenters. The van der Waals surface area contributed by atoms with Gasteiger partial charge in [0.1, 0.15) is 0 Å². The molecule has 0 radical (unpaired) electrons. The summed E-state index contributed by atoms with van der Waals surface area (Å²) in [6.07, 6.45) is 7.10. The Morgan fingerprint density at radius 2 is 0.969 bits per heavy atom. The maximum absolute atomic E-state index is 4.79. The molecule has 0 aliphatic carbocycles. The first kappa shape index (κ1) is 20.6. The highest BCUT2D eigenvalue weighted by molar-refractivity contribution is 9.11. The van der Waals surface area contributed by atoms with Crippen molar-refractivity contribution >= 4 is 31.9 Å². The first-order valence-corrected chi connectivity index (χ1v) is 11.4. The summed E-state index contributed by atoms with van der Waals surface area (Å²) in [6.45, 7) is 0. The molecule has 3 aromatic heterocycles. The summed E-state index contributed by atoms with van der Waals surface area (Å²) in [5.41, 5.74) is 4.76. The lowest BCUT2D eigenvalue weighted by Crippen LogP contribution is -2.00. The maximum Gasteiger partial charge on any atom is 0.165 e. The molecule has 0 saturated heterocycles. The van der Waals surface area contributed by atoms with Crippen molar-refractivity contribution in [1.82, 2.24) is 24.9 Å². The first-order chi connectivity index (χ1) is 15.7. The molecule has 5 aromatic rings. The van der Waals surface area contributed by atoms with Crippen LogP contribution >= 0.6 is 31.9 Å². The average Bonchev–Trinajstić information content (AvgIpc) is 2.84. The molecule has 5 nitrogen and oxygen atoms in total. The second-order valence-electron chi connectivity index (χ2n) is 7.03. The quantitative estimate of drug-likeness (QED) is 0.247. The van der Waals surface area contributed by atoms with Crippen LogP contribution in [-0.2, 0) is 0 Å². The van der Waals surface area contributed by atoms with Gasteiger partial charge in [-0.1, -0.05) is 62.2 Å². The van der Waals surface area contributed by atoms with Crippen molar-refractivity contribution in [3.05, 3.63) is 100 Å². The zero-order chi connectivity index (χ0) is 21.9. The van der Waals surface area contributed by atoms with Crippen LogP contribution in [0, 0.1) is 0 Å². The number of hydrogen-bond donors (Lipinski definition) is 0. The Bertz CT molecular complexity index is 1360. The molecule has 0 aliphatic rings. The number of pyridine rings is 2. The molecule has 7 heteroatoms. The fourth-order valence-electron chi connectivity index (χ4n) is 3.29. The van der Waals surface area contributed by atoms with E-state index < -0.39 is 0 Å². The zero-order valence-electron chi connectivity index (χ0n) is 16.7. The van der Waals surface area contributed by atoms with Crippen LogP contribution in [-0.4, -0.2) is 24.9 Å². The number of rotatable bonds is 4. The minimum atomic E-state index is 0.575. The molecule has 0 aliphatic heterocycles. The monoisotopic (exact) mass is 543 g/mol. The Morgan fingerprint density at radius 3 is 1.53 bits per heavy atom. The number of nitrogens with zero attached hydrogens (tertiary/aromatic N) is 5. The van der Waals surface area contributed by atoms with Gasteiger partial charge in [-0.05, 0) is 47.5 Å². The van der Waals surface area contributed by atoms with E-state index in [1.54, 1.807) is 18.6 Å². The van der Waals surface area contributed by atoms with Gasteiger partial charge in [-0.3, -0.25) is 9.97 Å². The van der Waals surface area contributed by atoms with Crippen LogP contribution in [0.25, 0.3) is 45.3 Å². The molecule has 0 saturated carbocycles. The van der Waals surface area contributed by atoms with Crippen LogP contribution in [0.15, 0.2) is 100 Å². The Hall–Kier alpha value is -3.29. The summed E-state index contributed by atoms with van der Waals surface area (Å²) >= 11 is 7.10. The number of benzene rings is 2. The summed E-state index contributed by atoms with van der Waals surface area (Å²) in [6, 6.07) is 21.9. The molecular formula is C25H15Br2N5. The molecule has 0 bridgehead atoms. The van der Waals surface area contributed by atoms with E-state index in [-0.39, 0.29) is 0 Å². The van der Waals surface area contributed by atoms with Crippen molar-refractivity contribution in [2.24, 2.45) is 0 Å². The molecule has 0 amide bonds. The van der Waals surface area contributed by atoms with Crippen molar-refractivity contribution in [1.29, 1.82) is 0 Å². The van der Waals surface area contributed by atoms with Crippen molar-refractivity contribution in [3.8, 4) is 45.3 Å². The average molecular weight is 545 g/mol. The van der Waals surface area contributed by atoms with Crippen LogP contribution in [0.5, 0.6) is 0 Å². The fourth-order valence-corrected chi connectivity index (χ4v) is 4.58. The molecule has 0 unspecified atom stereocenters. The Labute approximate surface area is 201 Å². The predicted molar refractivity (Wildman–Crippen MR) is 133 cm³/mol. The topological polar surface area (TPSA) is 64.5 Å². The summed E-state index contributed by atoms with van der Waals surface area (Å²) in [5, 5.41) is 0. The largest absolute Gasteiger partial charge is 0.264 e. The van der Waals surface area contributed by atoms with Gasteiger partial charge in [0.2, 0.25) is 0 Å². The highest BCUT2D eigenvalue weighted by Gasteiger charge is 2.13. The second kappa shape index (κ2) is 9.06. The Balaban J connectivity index is 1.63. The third-order valence-corrected chi connectivity index (χ3v) is 5.73. The van der Waals surface area contributed by atoms with E-state index in [4.69, 9.17) is 15.0 Å². The molecule has 3 heterocycles. The van der Waals surface area contributed by atoms with Crippen LogP contribution < -0.4 is 0 Å². The van der Waals surface area contributed by atoms with Gasteiger partial charge in [-0.15, -0.1) is 0 Å². The third-order valence-electron chi connectivity index (χ3n) is 4.81. The molecule has 32 heavy (non-hydrogen) atoms. The van der Waals surface area contributed by atoms with Crippen molar-refractivity contribution in [2.45, 2.75) is 0 Å². The highest BCUT2D eigenvalue weighted by atomic mass is 79.9. The molecule has 0 N–H and O–H groups in total. The van der Waals surface area contributed by atoms with Crippen LogP contribution in [0.2, 0.25) is 0 Å². The first-order valence-electron chi connectivity index (χ1n) is 9.79.